The van der Waals surface area contributed by atoms with Crippen LogP contribution in [0.4, 0.5) is 5.69 Å². The van der Waals surface area contributed by atoms with Crippen LogP contribution in [0.5, 0.6) is 5.75 Å². The molecule has 0 atom stereocenters. The molecule has 0 fully saturated rings. The Bertz CT molecular complexity index is 1640. The minimum absolute atomic E-state index is 0.134. The van der Waals surface area contributed by atoms with E-state index in [9.17, 15) is 20.0 Å². The summed E-state index contributed by atoms with van der Waals surface area (Å²) in [6, 6.07) is 32.0. The Balaban J connectivity index is 1.44. The van der Waals surface area contributed by atoms with Gasteiger partial charge in [0.1, 0.15) is 5.75 Å². The minimum atomic E-state index is -0.565. The number of nitrogens with one attached hydrogen (secondary N) is 1. The molecule has 38 heavy (non-hydrogen) atoms. The van der Waals surface area contributed by atoms with Gasteiger partial charge in [-0.15, -0.1) is 0 Å². The standard InChI is InChI=1S/C30H24N4O4/c35-27-16-15-24(34(37)38)19-23(27)20-31-32-28(36)17-18-33-26-14-8-7-13-25(26)29(21-9-3-1-4-10-21)30(33)22-11-5-2-6-12-22/h1-16,19-20,35H,17-18H2,(H,32,36)/b31-20-. The number of rotatable bonds is 8. The van der Waals surface area contributed by atoms with E-state index in [1.54, 1.807) is 0 Å². The van der Waals surface area contributed by atoms with Crippen molar-refractivity contribution in [3.05, 3.63) is 119 Å². The SMILES string of the molecule is O=C(CCn1c(-c2ccccc2)c(-c2ccccc2)c2ccccc21)N/N=C\c1cc([N+](=O)[O-])ccc1O. The number of nitro groups is 1. The van der Waals surface area contributed by atoms with E-state index < -0.39 is 4.92 Å². The zero-order valence-electron chi connectivity index (χ0n) is 20.3. The number of hydrazone groups is 1. The average Bonchev–Trinajstić information content (AvgIpc) is 3.28. The van der Waals surface area contributed by atoms with Crippen LogP contribution >= 0.6 is 0 Å². The van der Waals surface area contributed by atoms with Crippen molar-refractivity contribution in [3.8, 4) is 28.1 Å². The molecule has 0 saturated heterocycles. The second-order valence-electron chi connectivity index (χ2n) is 8.67. The average molecular weight is 505 g/mol. The zero-order chi connectivity index (χ0) is 26.5. The number of aryl methyl sites for hydroxylation is 1. The Morgan fingerprint density at radius 2 is 1.58 bits per heavy atom. The summed E-state index contributed by atoms with van der Waals surface area (Å²) in [6.45, 7) is 0.404. The highest BCUT2D eigenvalue weighted by Crippen LogP contribution is 2.41. The Morgan fingerprint density at radius 1 is 0.921 bits per heavy atom. The summed E-state index contributed by atoms with van der Waals surface area (Å²) in [6.07, 6.45) is 1.33. The number of nitrogens with zero attached hydrogens (tertiary/aromatic N) is 3. The van der Waals surface area contributed by atoms with Crippen LogP contribution in [0.15, 0.2) is 108 Å². The van der Waals surface area contributed by atoms with Crippen molar-refractivity contribution in [3.63, 3.8) is 0 Å². The van der Waals surface area contributed by atoms with Gasteiger partial charge in [0.2, 0.25) is 5.91 Å². The van der Waals surface area contributed by atoms with Gasteiger partial charge in [0.15, 0.2) is 0 Å². The fraction of sp³-hybridized carbons (Fsp3) is 0.0667. The van der Waals surface area contributed by atoms with Crippen molar-refractivity contribution >= 4 is 28.7 Å². The number of amides is 1. The molecule has 0 bridgehead atoms. The van der Waals surface area contributed by atoms with Crippen LogP contribution in [-0.4, -0.2) is 26.7 Å². The molecule has 1 amide bonds. The molecule has 0 aliphatic carbocycles. The van der Waals surface area contributed by atoms with E-state index in [2.05, 4.69) is 51.5 Å². The molecular weight excluding hydrogens is 480 g/mol. The first-order valence-corrected chi connectivity index (χ1v) is 12.0. The van der Waals surface area contributed by atoms with E-state index in [0.29, 0.717) is 6.54 Å². The monoisotopic (exact) mass is 504 g/mol. The number of carbonyl (C=O) groups excluding carboxylic acids is 1. The first-order valence-electron chi connectivity index (χ1n) is 12.0. The molecule has 1 aromatic heterocycles. The Morgan fingerprint density at radius 3 is 2.29 bits per heavy atom. The second-order valence-corrected chi connectivity index (χ2v) is 8.67. The maximum absolute atomic E-state index is 12.7. The lowest BCUT2D eigenvalue weighted by molar-refractivity contribution is -0.384. The van der Waals surface area contributed by atoms with Crippen molar-refractivity contribution in [1.82, 2.24) is 9.99 Å². The third-order valence-corrected chi connectivity index (χ3v) is 6.26. The van der Waals surface area contributed by atoms with Crippen LogP contribution in [-0.2, 0) is 11.3 Å². The first kappa shape index (κ1) is 24.5. The number of hydrogen-bond donors (Lipinski definition) is 2. The molecule has 0 unspecified atom stereocenters. The number of aromatic nitrogens is 1. The number of para-hydroxylation sites is 1. The highest BCUT2D eigenvalue weighted by molar-refractivity contribution is 6.04. The molecule has 188 valence electrons. The molecular formula is C30H24N4O4. The Hall–Kier alpha value is -5.24. The molecule has 0 saturated carbocycles. The van der Waals surface area contributed by atoms with Crippen LogP contribution in [0.3, 0.4) is 0 Å². The predicted octanol–water partition coefficient (Wildman–Crippen LogP) is 6.13. The largest absolute Gasteiger partial charge is 0.507 e. The van der Waals surface area contributed by atoms with Gasteiger partial charge in [-0.3, -0.25) is 14.9 Å². The van der Waals surface area contributed by atoms with Crippen molar-refractivity contribution < 1.29 is 14.8 Å². The number of carbonyl (C=O) groups is 1. The summed E-state index contributed by atoms with van der Waals surface area (Å²) < 4.78 is 2.16. The molecule has 4 aromatic carbocycles. The van der Waals surface area contributed by atoms with Gasteiger partial charge in [-0.05, 0) is 23.3 Å². The number of fused-ring (bicyclic) bond motifs is 1. The van der Waals surface area contributed by atoms with Gasteiger partial charge in [0.25, 0.3) is 5.69 Å². The number of phenolic OH excluding ortho intramolecular Hbond substituents is 1. The van der Waals surface area contributed by atoms with E-state index >= 15 is 0 Å². The molecule has 0 aliphatic heterocycles. The van der Waals surface area contributed by atoms with Crippen molar-refractivity contribution in [2.24, 2.45) is 5.10 Å². The molecule has 5 aromatic rings. The van der Waals surface area contributed by atoms with E-state index in [0.717, 1.165) is 33.3 Å². The number of phenols is 1. The lowest BCUT2D eigenvalue weighted by Crippen LogP contribution is -2.19. The van der Waals surface area contributed by atoms with Gasteiger partial charge < -0.3 is 9.67 Å². The first-order chi connectivity index (χ1) is 18.5. The van der Waals surface area contributed by atoms with Gasteiger partial charge in [-0.25, -0.2) is 5.43 Å². The topological polar surface area (TPSA) is 110 Å². The predicted molar refractivity (Wildman–Crippen MR) is 148 cm³/mol. The van der Waals surface area contributed by atoms with Crippen LogP contribution in [0.25, 0.3) is 33.3 Å². The highest BCUT2D eigenvalue weighted by atomic mass is 16.6. The van der Waals surface area contributed by atoms with E-state index in [1.165, 1.54) is 24.4 Å². The van der Waals surface area contributed by atoms with Gasteiger partial charge >= 0.3 is 0 Å². The molecule has 0 radical (unpaired) electrons. The number of hydrogen-bond acceptors (Lipinski definition) is 5. The fourth-order valence-electron chi connectivity index (χ4n) is 4.53. The fourth-order valence-corrected chi connectivity index (χ4v) is 4.53. The molecule has 5 rings (SSSR count). The summed E-state index contributed by atoms with van der Waals surface area (Å²) in [5, 5.41) is 25.9. The summed E-state index contributed by atoms with van der Waals surface area (Å²) in [5.74, 6) is -0.502. The molecule has 8 nitrogen and oxygen atoms in total. The maximum atomic E-state index is 12.7. The van der Waals surface area contributed by atoms with Crippen molar-refractivity contribution in [2.75, 3.05) is 0 Å². The molecule has 0 aliphatic rings. The van der Waals surface area contributed by atoms with Crippen molar-refractivity contribution in [1.29, 1.82) is 0 Å². The molecule has 2 N–H and O–H groups in total. The lowest BCUT2D eigenvalue weighted by Gasteiger charge is -2.13. The summed E-state index contributed by atoms with van der Waals surface area (Å²) in [5.41, 5.74) is 7.69. The summed E-state index contributed by atoms with van der Waals surface area (Å²) in [7, 11) is 0. The molecule has 0 spiro atoms. The molecule has 1 heterocycles. The highest BCUT2D eigenvalue weighted by Gasteiger charge is 2.20. The summed E-state index contributed by atoms with van der Waals surface area (Å²) >= 11 is 0. The lowest BCUT2D eigenvalue weighted by atomic mass is 9.98. The van der Waals surface area contributed by atoms with Crippen LogP contribution in [0.2, 0.25) is 0 Å². The minimum Gasteiger partial charge on any atom is -0.507 e. The number of aromatic hydroxyl groups is 1. The number of benzene rings is 4. The van der Waals surface area contributed by atoms with Crippen LogP contribution in [0.1, 0.15) is 12.0 Å². The van der Waals surface area contributed by atoms with Gasteiger partial charge in [-0.2, -0.15) is 5.10 Å². The van der Waals surface area contributed by atoms with Crippen LogP contribution in [0, 0.1) is 10.1 Å². The summed E-state index contributed by atoms with van der Waals surface area (Å²) in [4.78, 5) is 23.1. The second kappa shape index (κ2) is 10.8. The van der Waals surface area contributed by atoms with Gasteiger partial charge in [-0.1, -0.05) is 78.9 Å². The molecule has 8 heteroatoms. The van der Waals surface area contributed by atoms with Crippen LogP contribution < -0.4 is 5.43 Å². The zero-order valence-corrected chi connectivity index (χ0v) is 20.3. The Kier molecular flexibility index (Phi) is 6.95. The van der Waals surface area contributed by atoms with Gasteiger partial charge in [0, 0.05) is 47.1 Å². The van der Waals surface area contributed by atoms with E-state index in [1.807, 2.05) is 48.5 Å². The van der Waals surface area contributed by atoms with Crippen molar-refractivity contribution in [2.45, 2.75) is 13.0 Å². The normalized spacial score (nSPS) is 11.2. The number of non-ortho nitro benzene ring substituents is 1. The Labute approximate surface area is 218 Å². The van der Waals surface area contributed by atoms with E-state index in [4.69, 9.17) is 0 Å². The quantitative estimate of drug-likeness (QED) is 0.150. The third kappa shape index (κ3) is 5.01. The maximum Gasteiger partial charge on any atom is 0.270 e. The third-order valence-electron chi connectivity index (χ3n) is 6.26. The van der Waals surface area contributed by atoms with Gasteiger partial charge in [0.05, 0.1) is 16.8 Å². The van der Waals surface area contributed by atoms with E-state index in [-0.39, 0.29) is 29.3 Å². The smallest absolute Gasteiger partial charge is 0.270 e. The number of nitro benzene ring substituents is 1.